The Morgan fingerprint density at radius 2 is 1.83 bits per heavy atom. The standard InChI is InChI=1S/C27H31N7O2/c1-3-21-7-6-8-22(29-21)11-14-36-27-31-25(30-26(32-27)34-12-15-35-16-13-34)18-28-17-20-19-33(2)24-10-5-4-9-23(20)24/h4-10,17,19H,3,11-16,18H2,1-2H3. The van der Waals surface area contributed by atoms with Gasteiger partial charge in [-0.2, -0.15) is 15.0 Å². The number of nitrogens with zero attached hydrogens (tertiary/aromatic N) is 7. The highest BCUT2D eigenvalue weighted by atomic mass is 16.5. The largest absolute Gasteiger partial charge is 0.463 e. The van der Waals surface area contributed by atoms with E-state index in [1.54, 1.807) is 0 Å². The molecule has 0 amide bonds. The molecule has 9 nitrogen and oxygen atoms in total. The number of para-hydroxylation sites is 1. The first-order valence-electron chi connectivity index (χ1n) is 12.4. The summed E-state index contributed by atoms with van der Waals surface area (Å²) in [6.45, 7) is 5.63. The van der Waals surface area contributed by atoms with Gasteiger partial charge in [0.25, 0.3) is 0 Å². The average Bonchev–Trinajstić information content (AvgIpc) is 3.24. The number of morpholine rings is 1. The lowest BCUT2D eigenvalue weighted by atomic mass is 10.2. The van der Waals surface area contributed by atoms with Gasteiger partial charge in [0.15, 0.2) is 5.82 Å². The first-order chi connectivity index (χ1) is 17.7. The van der Waals surface area contributed by atoms with Gasteiger partial charge in [-0.15, -0.1) is 0 Å². The number of benzene rings is 1. The van der Waals surface area contributed by atoms with Crippen LogP contribution in [0.2, 0.25) is 0 Å². The van der Waals surface area contributed by atoms with Gasteiger partial charge in [-0.1, -0.05) is 31.2 Å². The van der Waals surface area contributed by atoms with Gasteiger partial charge >= 0.3 is 6.01 Å². The number of fused-ring (bicyclic) bond motifs is 1. The molecule has 0 bridgehead atoms. The van der Waals surface area contributed by atoms with E-state index >= 15 is 0 Å². The highest BCUT2D eigenvalue weighted by Crippen LogP contribution is 2.19. The number of aliphatic imine (C=N–C) groups is 1. The second-order valence-electron chi connectivity index (χ2n) is 8.69. The molecule has 9 heteroatoms. The second-order valence-corrected chi connectivity index (χ2v) is 8.69. The summed E-state index contributed by atoms with van der Waals surface area (Å²) >= 11 is 0. The summed E-state index contributed by atoms with van der Waals surface area (Å²) in [6, 6.07) is 14.7. The van der Waals surface area contributed by atoms with E-state index in [-0.39, 0.29) is 0 Å². The molecule has 1 aliphatic rings. The predicted molar refractivity (Wildman–Crippen MR) is 140 cm³/mol. The highest BCUT2D eigenvalue weighted by Gasteiger charge is 2.17. The molecular formula is C27H31N7O2. The lowest BCUT2D eigenvalue weighted by Crippen LogP contribution is -2.37. The zero-order valence-electron chi connectivity index (χ0n) is 20.8. The molecule has 4 aromatic rings. The Morgan fingerprint density at radius 3 is 2.69 bits per heavy atom. The Bertz CT molecular complexity index is 1350. The second kappa shape index (κ2) is 11.3. The van der Waals surface area contributed by atoms with Gasteiger partial charge in [0, 0.05) is 66.8 Å². The Hall–Kier alpha value is -3.85. The van der Waals surface area contributed by atoms with E-state index in [0.29, 0.717) is 50.6 Å². The van der Waals surface area contributed by atoms with Gasteiger partial charge in [0.2, 0.25) is 5.95 Å². The maximum atomic E-state index is 5.97. The third-order valence-corrected chi connectivity index (χ3v) is 6.15. The zero-order valence-corrected chi connectivity index (χ0v) is 20.8. The van der Waals surface area contributed by atoms with Gasteiger partial charge in [-0.25, -0.2) is 0 Å². The monoisotopic (exact) mass is 485 g/mol. The van der Waals surface area contributed by atoms with Crippen LogP contribution in [0.4, 0.5) is 5.95 Å². The molecule has 0 spiro atoms. The number of rotatable bonds is 9. The summed E-state index contributed by atoms with van der Waals surface area (Å²) in [5, 5.41) is 1.16. The first kappa shape index (κ1) is 23.9. The zero-order chi connectivity index (χ0) is 24.7. The quantitative estimate of drug-likeness (QED) is 0.336. The molecule has 0 radical (unpaired) electrons. The number of hydrogen-bond acceptors (Lipinski definition) is 8. The summed E-state index contributed by atoms with van der Waals surface area (Å²) in [4.78, 5) is 25.2. The predicted octanol–water partition coefficient (Wildman–Crippen LogP) is 3.40. The molecule has 36 heavy (non-hydrogen) atoms. The summed E-state index contributed by atoms with van der Waals surface area (Å²) in [6.07, 6.45) is 5.55. The van der Waals surface area contributed by atoms with Crippen molar-refractivity contribution in [1.82, 2.24) is 24.5 Å². The van der Waals surface area contributed by atoms with Crippen molar-refractivity contribution < 1.29 is 9.47 Å². The fourth-order valence-electron chi connectivity index (χ4n) is 4.24. The Morgan fingerprint density at radius 1 is 1.00 bits per heavy atom. The van der Waals surface area contributed by atoms with E-state index < -0.39 is 0 Å². The van der Waals surface area contributed by atoms with Crippen molar-refractivity contribution in [3.8, 4) is 6.01 Å². The van der Waals surface area contributed by atoms with Crippen LogP contribution in [0.25, 0.3) is 10.9 Å². The van der Waals surface area contributed by atoms with Crippen LogP contribution in [-0.2, 0) is 31.2 Å². The van der Waals surface area contributed by atoms with Crippen molar-refractivity contribution in [2.45, 2.75) is 26.3 Å². The van der Waals surface area contributed by atoms with Gasteiger partial charge in [-0.3, -0.25) is 9.98 Å². The van der Waals surface area contributed by atoms with E-state index in [0.717, 1.165) is 41.8 Å². The Kier molecular flexibility index (Phi) is 7.47. The molecule has 1 aliphatic heterocycles. The molecule has 0 atom stereocenters. The molecule has 1 saturated heterocycles. The summed E-state index contributed by atoms with van der Waals surface area (Å²) in [5.74, 6) is 1.17. The van der Waals surface area contributed by atoms with Crippen LogP contribution in [0.3, 0.4) is 0 Å². The van der Waals surface area contributed by atoms with Gasteiger partial charge in [-0.05, 0) is 24.6 Å². The molecule has 4 heterocycles. The number of ether oxygens (including phenoxy) is 2. The van der Waals surface area contributed by atoms with Crippen LogP contribution in [0.5, 0.6) is 6.01 Å². The summed E-state index contributed by atoms with van der Waals surface area (Å²) < 4.78 is 13.6. The molecule has 0 aliphatic carbocycles. The van der Waals surface area contributed by atoms with Crippen LogP contribution in [0.15, 0.2) is 53.7 Å². The lowest BCUT2D eigenvalue weighted by Gasteiger charge is -2.26. The molecular weight excluding hydrogens is 454 g/mol. The van der Waals surface area contributed by atoms with Crippen molar-refractivity contribution in [2.24, 2.45) is 12.0 Å². The number of aromatic nitrogens is 5. The van der Waals surface area contributed by atoms with E-state index in [9.17, 15) is 0 Å². The van der Waals surface area contributed by atoms with Gasteiger partial charge in [0.05, 0.1) is 26.4 Å². The fraction of sp³-hybridized carbons (Fsp3) is 0.370. The average molecular weight is 486 g/mol. The first-order valence-corrected chi connectivity index (χ1v) is 12.4. The van der Waals surface area contributed by atoms with Gasteiger partial charge < -0.3 is 18.9 Å². The maximum Gasteiger partial charge on any atom is 0.321 e. The minimum absolute atomic E-state index is 0.313. The number of pyridine rings is 1. The molecule has 1 aromatic carbocycles. The van der Waals surface area contributed by atoms with E-state index in [4.69, 9.17) is 9.47 Å². The van der Waals surface area contributed by atoms with Crippen molar-refractivity contribution in [3.05, 3.63) is 71.4 Å². The van der Waals surface area contributed by atoms with Crippen LogP contribution >= 0.6 is 0 Å². The number of hydrogen-bond donors (Lipinski definition) is 0. The minimum Gasteiger partial charge on any atom is -0.463 e. The molecule has 0 saturated carbocycles. The number of anilines is 1. The third-order valence-electron chi connectivity index (χ3n) is 6.15. The molecule has 0 unspecified atom stereocenters. The third kappa shape index (κ3) is 5.68. The van der Waals surface area contributed by atoms with Crippen molar-refractivity contribution >= 4 is 23.1 Å². The highest BCUT2D eigenvalue weighted by molar-refractivity contribution is 5.99. The normalized spacial score (nSPS) is 14.1. The Labute approximate surface area is 210 Å². The Balaban J connectivity index is 1.32. The fourth-order valence-corrected chi connectivity index (χ4v) is 4.24. The van der Waals surface area contributed by atoms with Crippen LogP contribution in [-0.4, -0.2) is 63.6 Å². The van der Waals surface area contributed by atoms with E-state index in [2.05, 4.69) is 59.6 Å². The molecule has 186 valence electrons. The lowest BCUT2D eigenvalue weighted by molar-refractivity contribution is 0.122. The maximum absolute atomic E-state index is 5.97. The topological polar surface area (TPSA) is 90.6 Å². The van der Waals surface area contributed by atoms with Crippen molar-refractivity contribution in [3.63, 3.8) is 0 Å². The molecule has 1 fully saturated rings. The van der Waals surface area contributed by atoms with Crippen LogP contribution < -0.4 is 9.64 Å². The van der Waals surface area contributed by atoms with Crippen LogP contribution in [0.1, 0.15) is 29.7 Å². The molecule has 3 aromatic heterocycles. The molecule has 5 rings (SSSR count). The van der Waals surface area contributed by atoms with E-state index in [1.807, 2.05) is 43.6 Å². The van der Waals surface area contributed by atoms with Crippen LogP contribution in [0, 0.1) is 0 Å². The van der Waals surface area contributed by atoms with Crippen molar-refractivity contribution in [1.29, 1.82) is 0 Å². The summed E-state index contributed by atoms with van der Waals surface area (Å²) in [5.41, 5.74) is 4.31. The smallest absolute Gasteiger partial charge is 0.321 e. The number of aryl methyl sites for hydroxylation is 2. The van der Waals surface area contributed by atoms with E-state index in [1.165, 1.54) is 5.52 Å². The van der Waals surface area contributed by atoms with Gasteiger partial charge in [0.1, 0.15) is 0 Å². The SMILES string of the molecule is CCc1cccc(CCOc2nc(CN=Cc3cn(C)c4ccccc34)nc(N3CCOCC3)n2)n1. The molecule has 0 N–H and O–H groups in total. The summed E-state index contributed by atoms with van der Waals surface area (Å²) in [7, 11) is 2.04. The van der Waals surface area contributed by atoms with Crippen molar-refractivity contribution in [2.75, 3.05) is 37.8 Å². The minimum atomic E-state index is 0.313.